The van der Waals surface area contributed by atoms with Gasteiger partial charge in [0.25, 0.3) is 0 Å². The van der Waals surface area contributed by atoms with E-state index in [0.717, 1.165) is 19.5 Å². The first-order valence-corrected chi connectivity index (χ1v) is 3.71. The SMILES string of the molecule is C#CC/C=C\CNCCC. The Kier molecular flexibility index (Phi) is 7.65. The van der Waals surface area contributed by atoms with Crippen molar-refractivity contribution in [2.45, 2.75) is 19.8 Å². The summed E-state index contributed by atoms with van der Waals surface area (Å²) in [6, 6.07) is 0. The van der Waals surface area contributed by atoms with E-state index in [1.165, 1.54) is 6.42 Å². The molecule has 0 aliphatic heterocycles. The van der Waals surface area contributed by atoms with E-state index in [2.05, 4.69) is 24.2 Å². The highest BCUT2D eigenvalue weighted by Crippen LogP contribution is 1.77. The summed E-state index contributed by atoms with van der Waals surface area (Å²) in [5, 5.41) is 3.24. The van der Waals surface area contributed by atoms with Crippen LogP contribution in [0.15, 0.2) is 12.2 Å². The van der Waals surface area contributed by atoms with Crippen LogP contribution in [0.25, 0.3) is 0 Å². The Morgan fingerprint density at radius 3 is 2.90 bits per heavy atom. The molecule has 0 fully saturated rings. The third kappa shape index (κ3) is 7.26. The summed E-state index contributed by atoms with van der Waals surface area (Å²) in [7, 11) is 0. The van der Waals surface area contributed by atoms with Crippen molar-refractivity contribution in [3.8, 4) is 12.3 Å². The molecule has 0 rings (SSSR count). The van der Waals surface area contributed by atoms with E-state index < -0.39 is 0 Å². The molecule has 0 atom stereocenters. The molecule has 10 heavy (non-hydrogen) atoms. The van der Waals surface area contributed by atoms with Gasteiger partial charge in [0.1, 0.15) is 0 Å². The molecule has 0 aliphatic rings. The normalized spacial score (nSPS) is 10.0. The molecule has 0 amide bonds. The largest absolute Gasteiger partial charge is 0.313 e. The minimum Gasteiger partial charge on any atom is -0.313 e. The van der Waals surface area contributed by atoms with Gasteiger partial charge in [0, 0.05) is 13.0 Å². The summed E-state index contributed by atoms with van der Waals surface area (Å²) < 4.78 is 0. The van der Waals surface area contributed by atoms with E-state index in [1.807, 2.05) is 6.08 Å². The summed E-state index contributed by atoms with van der Waals surface area (Å²) in [6.45, 7) is 4.17. The molecule has 0 aromatic heterocycles. The molecule has 0 heterocycles. The average molecular weight is 137 g/mol. The molecule has 0 aromatic rings. The van der Waals surface area contributed by atoms with Crippen molar-refractivity contribution in [3.05, 3.63) is 12.2 Å². The molecular weight excluding hydrogens is 122 g/mol. The van der Waals surface area contributed by atoms with Crippen molar-refractivity contribution >= 4 is 0 Å². The van der Waals surface area contributed by atoms with Crippen LogP contribution in [0, 0.1) is 12.3 Å². The predicted octanol–water partition coefficient (Wildman–Crippen LogP) is 1.57. The topological polar surface area (TPSA) is 12.0 Å². The molecule has 0 radical (unpaired) electrons. The fourth-order valence-corrected chi connectivity index (χ4v) is 0.597. The standard InChI is InChI=1S/C9H15N/c1-3-5-6-7-9-10-8-4-2/h1,6-7,10H,4-5,8-9H2,2H3/b7-6-. The summed E-state index contributed by atoms with van der Waals surface area (Å²) in [5.41, 5.74) is 0. The number of rotatable bonds is 5. The number of nitrogens with one attached hydrogen (secondary N) is 1. The fraction of sp³-hybridized carbons (Fsp3) is 0.556. The highest BCUT2D eigenvalue weighted by atomic mass is 14.8. The van der Waals surface area contributed by atoms with Crippen molar-refractivity contribution in [1.29, 1.82) is 0 Å². The van der Waals surface area contributed by atoms with Gasteiger partial charge in [-0.25, -0.2) is 0 Å². The number of terminal acetylenes is 1. The monoisotopic (exact) mass is 137 g/mol. The highest BCUT2D eigenvalue weighted by molar-refractivity contribution is 4.96. The van der Waals surface area contributed by atoms with Gasteiger partial charge >= 0.3 is 0 Å². The second-order valence-corrected chi connectivity index (χ2v) is 2.08. The maximum absolute atomic E-state index is 5.05. The lowest BCUT2D eigenvalue weighted by Gasteiger charge is -1.94. The first-order chi connectivity index (χ1) is 4.91. The fourth-order valence-electron chi connectivity index (χ4n) is 0.597. The molecule has 1 nitrogen and oxygen atoms in total. The van der Waals surface area contributed by atoms with Gasteiger partial charge in [-0.05, 0) is 13.0 Å². The molecule has 0 aromatic carbocycles. The first-order valence-electron chi connectivity index (χ1n) is 3.71. The Labute approximate surface area is 63.5 Å². The van der Waals surface area contributed by atoms with Crippen LogP contribution >= 0.6 is 0 Å². The molecule has 0 saturated heterocycles. The number of hydrogen-bond donors (Lipinski definition) is 1. The Morgan fingerprint density at radius 2 is 2.30 bits per heavy atom. The molecule has 0 saturated carbocycles. The predicted molar refractivity (Wildman–Crippen MR) is 45.8 cm³/mol. The molecule has 1 heteroatoms. The quantitative estimate of drug-likeness (QED) is 0.344. The lowest BCUT2D eigenvalue weighted by atomic mass is 10.4. The van der Waals surface area contributed by atoms with Gasteiger partial charge in [-0.2, -0.15) is 0 Å². The Bertz CT molecular complexity index is 119. The van der Waals surface area contributed by atoms with Crippen molar-refractivity contribution in [2.75, 3.05) is 13.1 Å². The summed E-state index contributed by atoms with van der Waals surface area (Å²) >= 11 is 0. The third-order valence-electron chi connectivity index (χ3n) is 1.09. The zero-order valence-electron chi connectivity index (χ0n) is 6.56. The van der Waals surface area contributed by atoms with Crippen molar-refractivity contribution in [1.82, 2.24) is 5.32 Å². The number of allylic oxidation sites excluding steroid dienone is 1. The van der Waals surface area contributed by atoms with E-state index >= 15 is 0 Å². The third-order valence-corrected chi connectivity index (χ3v) is 1.09. The van der Waals surface area contributed by atoms with Gasteiger partial charge in [-0.15, -0.1) is 12.3 Å². The van der Waals surface area contributed by atoms with Gasteiger partial charge in [0.15, 0.2) is 0 Å². The Balaban J connectivity index is 2.97. The van der Waals surface area contributed by atoms with Crippen LogP contribution in [0.5, 0.6) is 0 Å². The minimum absolute atomic E-state index is 0.744. The molecular formula is C9H15N. The van der Waals surface area contributed by atoms with Gasteiger partial charge < -0.3 is 5.32 Å². The maximum Gasteiger partial charge on any atom is 0.0267 e. The zero-order chi connectivity index (χ0) is 7.66. The van der Waals surface area contributed by atoms with Crippen molar-refractivity contribution in [2.24, 2.45) is 0 Å². The van der Waals surface area contributed by atoms with Crippen molar-refractivity contribution in [3.63, 3.8) is 0 Å². The molecule has 1 N–H and O–H groups in total. The van der Waals surface area contributed by atoms with E-state index in [1.54, 1.807) is 0 Å². The van der Waals surface area contributed by atoms with Crippen LogP contribution in [0.3, 0.4) is 0 Å². The van der Waals surface area contributed by atoms with Crippen LogP contribution in [-0.4, -0.2) is 13.1 Å². The molecule has 0 unspecified atom stereocenters. The first kappa shape index (κ1) is 9.26. The second kappa shape index (κ2) is 8.26. The minimum atomic E-state index is 0.744. The number of hydrogen-bond acceptors (Lipinski definition) is 1. The van der Waals surface area contributed by atoms with E-state index in [0.29, 0.717) is 0 Å². The average Bonchev–Trinajstić information content (AvgIpc) is 1.97. The van der Waals surface area contributed by atoms with Gasteiger partial charge in [0.05, 0.1) is 0 Å². The zero-order valence-corrected chi connectivity index (χ0v) is 6.56. The van der Waals surface area contributed by atoms with Crippen LogP contribution in [0.4, 0.5) is 0 Å². The van der Waals surface area contributed by atoms with Gasteiger partial charge in [-0.3, -0.25) is 0 Å². The lowest BCUT2D eigenvalue weighted by molar-refractivity contribution is 0.728. The van der Waals surface area contributed by atoms with Crippen LogP contribution < -0.4 is 5.32 Å². The second-order valence-electron chi connectivity index (χ2n) is 2.08. The van der Waals surface area contributed by atoms with Crippen LogP contribution in [0.1, 0.15) is 19.8 Å². The summed E-state index contributed by atoms with van der Waals surface area (Å²) in [6.07, 6.45) is 11.0. The highest BCUT2D eigenvalue weighted by Gasteiger charge is 1.76. The molecule has 0 bridgehead atoms. The summed E-state index contributed by atoms with van der Waals surface area (Å²) in [5.74, 6) is 2.54. The Hall–Kier alpha value is -0.740. The smallest absolute Gasteiger partial charge is 0.0267 e. The lowest BCUT2D eigenvalue weighted by Crippen LogP contribution is -2.13. The molecule has 0 spiro atoms. The van der Waals surface area contributed by atoms with E-state index in [4.69, 9.17) is 6.42 Å². The maximum atomic E-state index is 5.05. The molecule has 0 aliphatic carbocycles. The van der Waals surface area contributed by atoms with Crippen molar-refractivity contribution < 1.29 is 0 Å². The van der Waals surface area contributed by atoms with Gasteiger partial charge in [0.2, 0.25) is 0 Å². The summed E-state index contributed by atoms with van der Waals surface area (Å²) in [4.78, 5) is 0. The Morgan fingerprint density at radius 1 is 1.50 bits per heavy atom. The van der Waals surface area contributed by atoms with E-state index in [9.17, 15) is 0 Å². The van der Waals surface area contributed by atoms with Crippen LogP contribution in [-0.2, 0) is 0 Å². The van der Waals surface area contributed by atoms with E-state index in [-0.39, 0.29) is 0 Å². The van der Waals surface area contributed by atoms with Crippen LogP contribution in [0.2, 0.25) is 0 Å². The molecule has 56 valence electrons. The van der Waals surface area contributed by atoms with Gasteiger partial charge in [-0.1, -0.05) is 19.1 Å².